The third-order valence-corrected chi connectivity index (χ3v) is 3.21. The van der Waals surface area contributed by atoms with Gasteiger partial charge in [0.15, 0.2) is 0 Å². The molecular weight excluding hydrogens is 192 g/mol. The zero-order valence-electron chi connectivity index (χ0n) is 13.2. The lowest BCUT2D eigenvalue weighted by atomic mass is 9.86. The van der Waals surface area contributed by atoms with Gasteiger partial charge in [0.25, 0.3) is 0 Å². The third-order valence-electron chi connectivity index (χ3n) is 3.21. The summed E-state index contributed by atoms with van der Waals surface area (Å²) < 4.78 is 0. The summed E-state index contributed by atoms with van der Waals surface area (Å²) >= 11 is 0. The van der Waals surface area contributed by atoms with Gasteiger partial charge in [-0.2, -0.15) is 0 Å². The average Bonchev–Trinajstić information content (AvgIpc) is 2.16. The number of hydrogen-bond acceptors (Lipinski definition) is 0. The predicted molar refractivity (Wildman–Crippen MR) is 77.9 cm³/mol. The summed E-state index contributed by atoms with van der Waals surface area (Å²) in [6.45, 7) is 18.3. The summed E-state index contributed by atoms with van der Waals surface area (Å²) in [5, 5.41) is 0. The Morgan fingerprint density at radius 2 is 1.19 bits per heavy atom. The molecule has 0 aliphatic rings. The maximum atomic E-state index is 2.33. The average molecular weight is 228 g/mol. The second-order valence-electron chi connectivity index (χ2n) is 6.63. The second-order valence-corrected chi connectivity index (χ2v) is 6.63. The monoisotopic (exact) mass is 228 g/mol. The van der Waals surface area contributed by atoms with Crippen LogP contribution in [-0.4, -0.2) is 0 Å². The Kier molecular flexibility index (Phi) is 11.7. The van der Waals surface area contributed by atoms with Crippen LogP contribution < -0.4 is 0 Å². The third kappa shape index (κ3) is 16.4. The van der Waals surface area contributed by atoms with Crippen molar-refractivity contribution in [3.63, 3.8) is 0 Å². The van der Waals surface area contributed by atoms with E-state index in [4.69, 9.17) is 0 Å². The van der Waals surface area contributed by atoms with E-state index in [1.54, 1.807) is 0 Å². The van der Waals surface area contributed by atoms with Crippen molar-refractivity contribution in [2.45, 2.75) is 87.5 Å². The molecule has 0 bridgehead atoms. The molecule has 16 heavy (non-hydrogen) atoms. The zero-order chi connectivity index (χ0) is 13.2. The van der Waals surface area contributed by atoms with Crippen molar-refractivity contribution < 1.29 is 0 Å². The van der Waals surface area contributed by atoms with E-state index in [2.05, 4.69) is 55.4 Å². The van der Waals surface area contributed by atoms with Crippen LogP contribution in [0.1, 0.15) is 87.5 Å². The van der Waals surface area contributed by atoms with Gasteiger partial charge in [-0.05, 0) is 23.7 Å². The molecule has 0 aliphatic heterocycles. The maximum Gasteiger partial charge on any atom is -0.0357 e. The van der Waals surface area contributed by atoms with Gasteiger partial charge in [-0.3, -0.25) is 0 Å². The SMILES string of the molecule is CC(C)CCC(C)C.CCCC(C)(C)CC. The Morgan fingerprint density at radius 3 is 1.31 bits per heavy atom. The van der Waals surface area contributed by atoms with E-state index in [9.17, 15) is 0 Å². The highest BCUT2D eigenvalue weighted by molar-refractivity contribution is 4.64. The molecule has 100 valence electrons. The fourth-order valence-corrected chi connectivity index (χ4v) is 1.52. The first-order valence-corrected chi connectivity index (χ1v) is 7.25. The molecular formula is C16H36. The van der Waals surface area contributed by atoms with E-state index in [1.807, 2.05) is 0 Å². The van der Waals surface area contributed by atoms with Crippen LogP contribution in [0, 0.1) is 17.3 Å². The first-order chi connectivity index (χ1) is 7.25. The van der Waals surface area contributed by atoms with Gasteiger partial charge in [-0.1, -0.05) is 81.1 Å². The highest BCUT2D eigenvalue weighted by Gasteiger charge is 2.11. The van der Waals surface area contributed by atoms with Gasteiger partial charge in [0.2, 0.25) is 0 Å². The minimum absolute atomic E-state index is 0.592. The van der Waals surface area contributed by atoms with Crippen molar-refractivity contribution in [1.29, 1.82) is 0 Å². The molecule has 0 unspecified atom stereocenters. The first-order valence-electron chi connectivity index (χ1n) is 7.25. The van der Waals surface area contributed by atoms with Crippen molar-refractivity contribution in [1.82, 2.24) is 0 Å². The molecule has 0 heterocycles. The minimum atomic E-state index is 0.592. The van der Waals surface area contributed by atoms with Crippen LogP contribution in [0.3, 0.4) is 0 Å². The van der Waals surface area contributed by atoms with Crippen molar-refractivity contribution in [2.75, 3.05) is 0 Å². The second kappa shape index (κ2) is 10.2. The maximum absolute atomic E-state index is 2.33. The van der Waals surface area contributed by atoms with E-state index in [1.165, 1.54) is 32.1 Å². The summed E-state index contributed by atoms with van der Waals surface area (Å²) in [5.74, 6) is 1.77. The molecule has 0 aliphatic carbocycles. The predicted octanol–water partition coefficient (Wildman–Crippen LogP) is 6.30. The van der Waals surface area contributed by atoms with Crippen LogP contribution in [0.5, 0.6) is 0 Å². The zero-order valence-corrected chi connectivity index (χ0v) is 13.2. The number of hydrogen-bond donors (Lipinski definition) is 0. The van der Waals surface area contributed by atoms with Gasteiger partial charge in [0.1, 0.15) is 0 Å². The Bertz CT molecular complexity index is 123. The molecule has 0 saturated carbocycles. The van der Waals surface area contributed by atoms with Gasteiger partial charge in [-0.15, -0.1) is 0 Å². The van der Waals surface area contributed by atoms with Crippen molar-refractivity contribution >= 4 is 0 Å². The molecule has 0 N–H and O–H groups in total. The first kappa shape index (κ1) is 18.4. The molecule has 0 aromatic heterocycles. The molecule has 0 saturated heterocycles. The van der Waals surface area contributed by atoms with Crippen molar-refractivity contribution in [3.05, 3.63) is 0 Å². The fraction of sp³-hybridized carbons (Fsp3) is 1.00. The van der Waals surface area contributed by atoms with Gasteiger partial charge in [0.05, 0.1) is 0 Å². The smallest absolute Gasteiger partial charge is 0.0357 e. The molecule has 0 spiro atoms. The molecule has 0 atom stereocenters. The van der Waals surface area contributed by atoms with Crippen molar-refractivity contribution in [3.8, 4) is 0 Å². The Morgan fingerprint density at radius 1 is 0.812 bits per heavy atom. The van der Waals surface area contributed by atoms with Crippen LogP contribution in [0.2, 0.25) is 0 Å². The quantitative estimate of drug-likeness (QED) is 0.500. The summed E-state index contributed by atoms with van der Waals surface area (Å²) in [5.41, 5.74) is 0.592. The summed E-state index contributed by atoms with van der Waals surface area (Å²) in [4.78, 5) is 0. The molecule has 0 fully saturated rings. The lowest BCUT2D eigenvalue weighted by Crippen LogP contribution is -2.07. The fourth-order valence-electron chi connectivity index (χ4n) is 1.52. The van der Waals surface area contributed by atoms with E-state index < -0.39 is 0 Å². The van der Waals surface area contributed by atoms with Crippen LogP contribution in [0.25, 0.3) is 0 Å². The van der Waals surface area contributed by atoms with E-state index >= 15 is 0 Å². The normalized spacial score (nSPS) is 11.6. The highest BCUT2D eigenvalue weighted by Crippen LogP contribution is 2.25. The Hall–Kier alpha value is 0. The lowest BCUT2D eigenvalue weighted by Gasteiger charge is -2.20. The molecule has 0 heteroatoms. The van der Waals surface area contributed by atoms with Gasteiger partial charge >= 0.3 is 0 Å². The molecule has 0 aromatic rings. The van der Waals surface area contributed by atoms with E-state index in [-0.39, 0.29) is 0 Å². The molecule has 0 radical (unpaired) electrons. The van der Waals surface area contributed by atoms with Crippen LogP contribution in [-0.2, 0) is 0 Å². The van der Waals surface area contributed by atoms with Crippen molar-refractivity contribution in [2.24, 2.45) is 17.3 Å². The Labute approximate surface area is 105 Å². The standard InChI is InChI=1S/2C8H18/c1-7(2)5-6-8(3)4;1-5-7-8(3,4)6-2/h7-8H,5-6H2,1-4H3;5-7H2,1-4H3. The molecule has 0 amide bonds. The van der Waals surface area contributed by atoms with Crippen LogP contribution in [0.4, 0.5) is 0 Å². The number of rotatable bonds is 6. The molecule has 0 aromatic carbocycles. The Balaban J connectivity index is 0. The molecule has 0 nitrogen and oxygen atoms in total. The highest BCUT2D eigenvalue weighted by atomic mass is 14.2. The molecule has 0 rings (SSSR count). The minimum Gasteiger partial charge on any atom is -0.0654 e. The lowest BCUT2D eigenvalue weighted by molar-refractivity contribution is 0.319. The van der Waals surface area contributed by atoms with Gasteiger partial charge in [0, 0.05) is 0 Å². The van der Waals surface area contributed by atoms with Crippen LogP contribution in [0.15, 0.2) is 0 Å². The van der Waals surface area contributed by atoms with Crippen LogP contribution >= 0.6 is 0 Å². The summed E-state index contributed by atoms with van der Waals surface area (Å²) in [6.07, 6.45) is 6.76. The van der Waals surface area contributed by atoms with Gasteiger partial charge in [-0.25, -0.2) is 0 Å². The van der Waals surface area contributed by atoms with Gasteiger partial charge < -0.3 is 0 Å². The largest absolute Gasteiger partial charge is 0.0654 e. The topological polar surface area (TPSA) is 0 Å². The summed E-state index contributed by atoms with van der Waals surface area (Å²) in [6, 6.07) is 0. The van der Waals surface area contributed by atoms with E-state index in [0.717, 1.165) is 11.8 Å². The summed E-state index contributed by atoms with van der Waals surface area (Å²) in [7, 11) is 0. The van der Waals surface area contributed by atoms with E-state index in [0.29, 0.717) is 5.41 Å².